The summed E-state index contributed by atoms with van der Waals surface area (Å²) in [5, 5.41) is 0. The molecule has 1 spiro atoms. The summed E-state index contributed by atoms with van der Waals surface area (Å²) in [6, 6.07) is 6.28. The van der Waals surface area contributed by atoms with Crippen molar-refractivity contribution in [2.75, 3.05) is 26.3 Å². The van der Waals surface area contributed by atoms with Crippen LogP contribution >= 0.6 is 15.9 Å². The molecule has 0 saturated carbocycles. The van der Waals surface area contributed by atoms with E-state index in [2.05, 4.69) is 20.8 Å². The molecule has 4 nitrogen and oxygen atoms in total. The average molecular weight is 352 g/mol. The first kappa shape index (κ1) is 13.7. The Balaban J connectivity index is 1.52. The van der Waals surface area contributed by atoms with Crippen LogP contribution in [0.1, 0.15) is 29.6 Å². The Morgan fingerprint density at radius 2 is 2.00 bits per heavy atom. The number of fused-ring (bicyclic) bond motifs is 1. The van der Waals surface area contributed by atoms with Gasteiger partial charge in [0.1, 0.15) is 11.4 Å². The molecule has 21 heavy (non-hydrogen) atoms. The van der Waals surface area contributed by atoms with Crippen molar-refractivity contribution in [2.24, 2.45) is 0 Å². The second-order valence-electron chi connectivity index (χ2n) is 6.25. The Kier molecular flexibility index (Phi) is 3.32. The SMILES string of the molecule is O=C1CC2(CCN(C3COC3)CC2)Oc2ccc(Br)cc21. The van der Waals surface area contributed by atoms with E-state index in [4.69, 9.17) is 9.47 Å². The van der Waals surface area contributed by atoms with Crippen LogP contribution in [0.4, 0.5) is 0 Å². The predicted molar refractivity (Wildman–Crippen MR) is 81.9 cm³/mol. The first-order chi connectivity index (χ1) is 10.2. The van der Waals surface area contributed by atoms with Crippen molar-refractivity contribution < 1.29 is 14.3 Å². The molecule has 0 aliphatic carbocycles. The third-order valence-corrected chi connectivity index (χ3v) is 5.39. The Hall–Kier alpha value is -0.910. The maximum Gasteiger partial charge on any atom is 0.170 e. The second kappa shape index (κ2) is 5.07. The van der Waals surface area contributed by atoms with Gasteiger partial charge >= 0.3 is 0 Å². The average Bonchev–Trinajstić information content (AvgIpc) is 2.41. The maximum atomic E-state index is 12.5. The number of rotatable bonds is 1. The zero-order valence-electron chi connectivity index (χ0n) is 11.8. The van der Waals surface area contributed by atoms with Gasteiger partial charge in [-0.15, -0.1) is 0 Å². The molecule has 0 N–H and O–H groups in total. The van der Waals surface area contributed by atoms with Gasteiger partial charge in [0.2, 0.25) is 0 Å². The third kappa shape index (κ3) is 2.41. The van der Waals surface area contributed by atoms with Crippen LogP contribution in [0.25, 0.3) is 0 Å². The van der Waals surface area contributed by atoms with Crippen LogP contribution in [-0.2, 0) is 4.74 Å². The first-order valence-electron chi connectivity index (χ1n) is 7.49. The van der Waals surface area contributed by atoms with Crippen LogP contribution in [0.5, 0.6) is 5.75 Å². The molecule has 0 bridgehead atoms. The van der Waals surface area contributed by atoms with Crippen molar-refractivity contribution in [3.8, 4) is 5.75 Å². The van der Waals surface area contributed by atoms with Crippen LogP contribution < -0.4 is 4.74 Å². The van der Waals surface area contributed by atoms with Gasteiger partial charge in [0.15, 0.2) is 5.78 Å². The standard InChI is InChI=1S/C16H18BrNO3/c17-11-1-2-15-13(7-11)14(19)8-16(21-15)3-5-18(6-4-16)12-9-20-10-12/h1-2,7,12H,3-6,8-10H2. The molecule has 1 aromatic rings. The summed E-state index contributed by atoms with van der Waals surface area (Å²) in [6.45, 7) is 3.69. The summed E-state index contributed by atoms with van der Waals surface area (Å²) in [5.41, 5.74) is 0.420. The van der Waals surface area contributed by atoms with Crippen LogP contribution in [0.3, 0.4) is 0 Å². The fraction of sp³-hybridized carbons (Fsp3) is 0.562. The summed E-state index contributed by atoms with van der Waals surface area (Å²) >= 11 is 3.42. The third-order valence-electron chi connectivity index (χ3n) is 4.90. The number of ether oxygens (including phenoxy) is 2. The van der Waals surface area contributed by atoms with Gasteiger partial charge in [-0.1, -0.05) is 15.9 Å². The van der Waals surface area contributed by atoms with Crippen molar-refractivity contribution in [1.82, 2.24) is 4.90 Å². The van der Waals surface area contributed by atoms with Gasteiger partial charge in [-0.3, -0.25) is 9.69 Å². The summed E-state index contributed by atoms with van der Waals surface area (Å²) in [5.74, 6) is 0.952. The molecule has 0 atom stereocenters. The maximum absolute atomic E-state index is 12.5. The number of carbonyl (C=O) groups excluding carboxylic acids is 1. The summed E-state index contributed by atoms with van der Waals surface area (Å²) in [7, 11) is 0. The highest BCUT2D eigenvalue weighted by molar-refractivity contribution is 9.10. The number of ketones is 1. The molecule has 5 heteroatoms. The minimum Gasteiger partial charge on any atom is -0.486 e. The molecule has 112 valence electrons. The van der Waals surface area contributed by atoms with Gasteiger partial charge in [-0.2, -0.15) is 0 Å². The zero-order chi connectivity index (χ0) is 14.4. The molecular formula is C16H18BrNO3. The van der Waals surface area contributed by atoms with Crippen molar-refractivity contribution in [3.63, 3.8) is 0 Å². The molecule has 0 aromatic heterocycles. The lowest BCUT2D eigenvalue weighted by atomic mass is 9.82. The van der Waals surface area contributed by atoms with Crippen molar-refractivity contribution >= 4 is 21.7 Å². The van der Waals surface area contributed by atoms with E-state index in [9.17, 15) is 4.79 Å². The van der Waals surface area contributed by atoms with Crippen LogP contribution in [-0.4, -0.2) is 48.6 Å². The van der Waals surface area contributed by atoms with E-state index in [1.165, 1.54) is 0 Å². The fourth-order valence-electron chi connectivity index (χ4n) is 3.48. The van der Waals surface area contributed by atoms with Crippen molar-refractivity contribution in [2.45, 2.75) is 30.9 Å². The highest BCUT2D eigenvalue weighted by Crippen LogP contribution is 2.40. The number of likely N-dealkylation sites (tertiary alicyclic amines) is 1. The minimum absolute atomic E-state index is 0.206. The van der Waals surface area contributed by atoms with Crippen molar-refractivity contribution in [3.05, 3.63) is 28.2 Å². The van der Waals surface area contributed by atoms with Crippen LogP contribution in [0, 0.1) is 0 Å². The molecule has 3 aliphatic heterocycles. The van der Waals surface area contributed by atoms with E-state index in [0.29, 0.717) is 18.0 Å². The number of hydrogen-bond donors (Lipinski definition) is 0. The first-order valence-corrected chi connectivity index (χ1v) is 8.28. The lowest BCUT2D eigenvalue weighted by molar-refractivity contribution is -0.0939. The molecule has 0 radical (unpaired) electrons. The van der Waals surface area contributed by atoms with E-state index in [0.717, 1.165) is 49.4 Å². The summed E-state index contributed by atoms with van der Waals surface area (Å²) in [6.07, 6.45) is 2.35. The molecule has 0 unspecified atom stereocenters. The number of nitrogens with zero attached hydrogens (tertiary/aromatic N) is 1. The Morgan fingerprint density at radius 1 is 1.24 bits per heavy atom. The van der Waals surface area contributed by atoms with E-state index in [1.54, 1.807) is 0 Å². The molecule has 3 heterocycles. The zero-order valence-corrected chi connectivity index (χ0v) is 13.4. The molecule has 2 saturated heterocycles. The summed E-state index contributed by atoms with van der Waals surface area (Å²) < 4.78 is 12.5. The lowest BCUT2D eigenvalue weighted by Crippen LogP contribution is -2.57. The smallest absolute Gasteiger partial charge is 0.170 e. The van der Waals surface area contributed by atoms with Crippen molar-refractivity contribution in [1.29, 1.82) is 0 Å². The van der Waals surface area contributed by atoms with E-state index in [-0.39, 0.29) is 11.4 Å². The number of halogens is 1. The Bertz CT molecular complexity index is 577. The van der Waals surface area contributed by atoms with E-state index >= 15 is 0 Å². The Morgan fingerprint density at radius 3 is 2.67 bits per heavy atom. The lowest BCUT2D eigenvalue weighted by Gasteiger charge is -2.47. The molecule has 1 aromatic carbocycles. The molecule has 4 rings (SSSR count). The highest BCUT2D eigenvalue weighted by atomic mass is 79.9. The second-order valence-corrected chi connectivity index (χ2v) is 7.17. The fourth-order valence-corrected chi connectivity index (χ4v) is 3.84. The topological polar surface area (TPSA) is 38.8 Å². The highest BCUT2D eigenvalue weighted by Gasteiger charge is 2.44. The molecule has 0 amide bonds. The Labute approximate surface area is 132 Å². The molecule has 2 fully saturated rings. The normalized spacial score (nSPS) is 25.3. The van der Waals surface area contributed by atoms with Crippen LogP contribution in [0.2, 0.25) is 0 Å². The molecular weight excluding hydrogens is 334 g/mol. The predicted octanol–water partition coefficient (Wildman–Crippen LogP) is 2.65. The van der Waals surface area contributed by atoms with E-state index in [1.807, 2.05) is 18.2 Å². The molecule has 3 aliphatic rings. The van der Waals surface area contributed by atoms with Crippen LogP contribution in [0.15, 0.2) is 22.7 Å². The van der Waals surface area contributed by atoms with Gasteiger partial charge in [0.05, 0.1) is 31.2 Å². The quantitative estimate of drug-likeness (QED) is 0.779. The van der Waals surface area contributed by atoms with Gasteiger partial charge in [-0.25, -0.2) is 0 Å². The monoisotopic (exact) mass is 351 g/mol. The summed E-state index contributed by atoms with van der Waals surface area (Å²) in [4.78, 5) is 14.9. The van der Waals surface area contributed by atoms with E-state index < -0.39 is 0 Å². The largest absolute Gasteiger partial charge is 0.486 e. The minimum atomic E-state index is -0.293. The number of Topliss-reactive ketones (excluding diaryl/α,β-unsaturated/α-hetero) is 1. The van der Waals surface area contributed by atoms with Gasteiger partial charge < -0.3 is 9.47 Å². The van der Waals surface area contributed by atoms with Gasteiger partial charge in [0.25, 0.3) is 0 Å². The number of carbonyl (C=O) groups is 1. The number of piperidine rings is 1. The van der Waals surface area contributed by atoms with Gasteiger partial charge in [0, 0.05) is 30.4 Å². The number of benzene rings is 1. The van der Waals surface area contributed by atoms with Gasteiger partial charge in [-0.05, 0) is 18.2 Å². The number of hydrogen-bond acceptors (Lipinski definition) is 4.